The molecule has 152 valence electrons. The molecule has 2 aromatic carbocycles. The Morgan fingerprint density at radius 1 is 0.935 bits per heavy atom. The van der Waals surface area contributed by atoms with Crippen LogP contribution in [-0.2, 0) is 6.54 Å². The lowest BCUT2D eigenvalue weighted by Gasteiger charge is -2.10. The summed E-state index contributed by atoms with van der Waals surface area (Å²) in [6.07, 6.45) is 7.32. The molecule has 5 rings (SSSR count). The number of rotatable bonds is 6. The first-order valence-electron chi connectivity index (χ1n) is 9.83. The summed E-state index contributed by atoms with van der Waals surface area (Å²) in [6.45, 7) is 0.505. The number of hydrogen-bond acceptors (Lipinski definition) is 4. The maximum absolute atomic E-state index is 12.9. The van der Waals surface area contributed by atoms with Crippen LogP contribution in [0.4, 0.5) is 5.69 Å². The number of nitrogens with zero attached hydrogens (tertiary/aromatic N) is 4. The van der Waals surface area contributed by atoms with Crippen molar-refractivity contribution in [3.8, 4) is 11.5 Å². The van der Waals surface area contributed by atoms with Crippen LogP contribution >= 0.6 is 0 Å². The summed E-state index contributed by atoms with van der Waals surface area (Å²) in [5, 5.41) is 7.23. The van der Waals surface area contributed by atoms with Gasteiger partial charge in [0.25, 0.3) is 5.91 Å². The van der Waals surface area contributed by atoms with E-state index < -0.39 is 0 Å². The van der Waals surface area contributed by atoms with Crippen LogP contribution < -0.4 is 10.1 Å². The molecule has 0 fully saturated rings. The van der Waals surface area contributed by atoms with Crippen LogP contribution in [0.1, 0.15) is 16.1 Å². The standard InChI is InChI=1S/C24H19N5O2/c30-24(21-10-4-5-11-22(21)31-20-8-2-1-3-9-20)27-18-14-25-29(16-18)17-19-15-28-13-7-6-12-23(28)26-19/h1-16H,17H2,(H,27,30). The average Bonchev–Trinajstić information content (AvgIpc) is 3.41. The molecule has 0 saturated carbocycles. The maximum atomic E-state index is 12.9. The second kappa shape index (κ2) is 8.16. The molecule has 1 N–H and O–H groups in total. The summed E-state index contributed by atoms with van der Waals surface area (Å²) in [7, 11) is 0. The Morgan fingerprint density at radius 2 is 1.74 bits per heavy atom. The number of fused-ring (bicyclic) bond motifs is 1. The van der Waals surface area contributed by atoms with Crippen molar-refractivity contribution < 1.29 is 9.53 Å². The Hall–Kier alpha value is -4.39. The number of amides is 1. The number of carbonyl (C=O) groups excluding carboxylic acids is 1. The van der Waals surface area contributed by atoms with Gasteiger partial charge in [0, 0.05) is 18.6 Å². The number of ether oxygens (including phenoxy) is 1. The average molecular weight is 409 g/mol. The number of pyridine rings is 1. The van der Waals surface area contributed by atoms with Crippen molar-refractivity contribution in [3.63, 3.8) is 0 Å². The van der Waals surface area contributed by atoms with Gasteiger partial charge >= 0.3 is 0 Å². The molecule has 0 atom stereocenters. The summed E-state index contributed by atoms with van der Waals surface area (Å²) >= 11 is 0. The molecule has 1 amide bonds. The van der Waals surface area contributed by atoms with E-state index in [1.807, 2.05) is 71.4 Å². The van der Waals surface area contributed by atoms with E-state index in [2.05, 4.69) is 15.4 Å². The largest absolute Gasteiger partial charge is 0.457 e. The normalized spacial score (nSPS) is 10.8. The molecule has 0 saturated heterocycles. The van der Waals surface area contributed by atoms with Crippen LogP contribution in [-0.4, -0.2) is 25.1 Å². The van der Waals surface area contributed by atoms with Crippen molar-refractivity contribution in [2.24, 2.45) is 0 Å². The molecule has 0 aliphatic carbocycles. The first kappa shape index (κ1) is 18.6. The highest BCUT2D eigenvalue weighted by molar-refractivity contribution is 6.06. The van der Waals surface area contributed by atoms with E-state index >= 15 is 0 Å². The fraction of sp³-hybridized carbons (Fsp3) is 0.0417. The second-order valence-electron chi connectivity index (χ2n) is 6.99. The van der Waals surface area contributed by atoms with Gasteiger partial charge in [0.15, 0.2) is 0 Å². The molecule has 0 aliphatic heterocycles. The van der Waals surface area contributed by atoms with Crippen molar-refractivity contribution in [1.82, 2.24) is 19.2 Å². The van der Waals surface area contributed by atoms with Gasteiger partial charge < -0.3 is 14.5 Å². The quantitative estimate of drug-likeness (QED) is 0.444. The highest BCUT2D eigenvalue weighted by Crippen LogP contribution is 2.25. The third kappa shape index (κ3) is 4.16. The van der Waals surface area contributed by atoms with Gasteiger partial charge in [-0.15, -0.1) is 0 Å². The molecule has 3 aromatic heterocycles. The number of benzene rings is 2. The van der Waals surface area contributed by atoms with Gasteiger partial charge in [-0.3, -0.25) is 9.48 Å². The molecule has 31 heavy (non-hydrogen) atoms. The fourth-order valence-corrected chi connectivity index (χ4v) is 3.30. The lowest BCUT2D eigenvalue weighted by molar-refractivity contribution is 0.102. The van der Waals surface area contributed by atoms with Crippen molar-refractivity contribution in [3.05, 3.63) is 109 Å². The highest BCUT2D eigenvalue weighted by atomic mass is 16.5. The summed E-state index contributed by atoms with van der Waals surface area (Å²) < 4.78 is 9.59. The molecule has 5 aromatic rings. The third-order valence-electron chi connectivity index (χ3n) is 4.73. The van der Waals surface area contributed by atoms with E-state index in [9.17, 15) is 4.79 Å². The van der Waals surface area contributed by atoms with Crippen LogP contribution in [0.25, 0.3) is 5.65 Å². The molecular weight excluding hydrogens is 390 g/mol. The van der Waals surface area contributed by atoms with Gasteiger partial charge in [0.05, 0.1) is 29.7 Å². The Morgan fingerprint density at radius 3 is 2.61 bits per heavy atom. The van der Waals surface area contributed by atoms with E-state index in [0.29, 0.717) is 29.3 Å². The molecule has 0 bridgehead atoms. The van der Waals surface area contributed by atoms with Crippen molar-refractivity contribution in [2.45, 2.75) is 6.54 Å². The molecule has 7 heteroatoms. The number of anilines is 1. The molecule has 3 heterocycles. The fourth-order valence-electron chi connectivity index (χ4n) is 3.30. The predicted molar refractivity (Wildman–Crippen MR) is 117 cm³/mol. The first-order chi connectivity index (χ1) is 15.2. The first-order valence-corrected chi connectivity index (χ1v) is 9.83. The van der Waals surface area contributed by atoms with Gasteiger partial charge in [-0.25, -0.2) is 4.98 Å². The van der Waals surface area contributed by atoms with Crippen LogP contribution in [0.2, 0.25) is 0 Å². The van der Waals surface area contributed by atoms with E-state index in [-0.39, 0.29) is 5.91 Å². The minimum Gasteiger partial charge on any atom is -0.457 e. The van der Waals surface area contributed by atoms with Gasteiger partial charge in [0.1, 0.15) is 17.1 Å². The van der Waals surface area contributed by atoms with Gasteiger partial charge in [-0.2, -0.15) is 5.10 Å². The van der Waals surface area contributed by atoms with Crippen molar-refractivity contribution in [2.75, 3.05) is 5.32 Å². The lowest BCUT2D eigenvalue weighted by atomic mass is 10.2. The van der Waals surface area contributed by atoms with Crippen LogP contribution in [0.5, 0.6) is 11.5 Å². The van der Waals surface area contributed by atoms with Crippen LogP contribution in [0.15, 0.2) is 97.6 Å². The van der Waals surface area contributed by atoms with Crippen molar-refractivity contribution >= 4 is 17.2 Å². The summed E-state index contributed by atoms with van der Waals surface area (Å²) in [4.78, 5) is 17.4. The van der Waals surface area contributed by atoms with Gasteiger partial charge in [0.2, 0.25) is 0 Å². The number of para-hydroxylation sites is 2. The Labute approximate surface area is 178 Å². The molecule has 0 spiro atoms. The maximum Gasteiger partial charge on any atom is 0.259 e. The zero-order valence-corrected chi connectivity index (χ0v) is 16.6. The number of imidazole rings is 1. The molecule has 0 unspecified atom stereocenters. The third-order valence-corrected chi connectivity index (χ3v) is 4.73. The molecule has 7 nitrogen and oxygen atoms in total. The Bertz CT molecular complexity index is 1310. The molecule has 0 aliphatic rings. The topological polar surface area (TPSA) is 73.5 Å². The SMILES string of the molecule is O=C(Nc1cnn(Cc2cn3ccccc3n2)c1)c1ccccc1Oc1ccccc1. The van der Waals surface area contributed by atoms with Crippen LogP contribution in [0, 0.1) is 0 Å². The zero-order valence-electron chi connectivity index (χ0n) is 16.6. The minimum atomic E-state index is -0.265. The van der Waals surface area contributed by atoms with E-state index in [1.165, 1.54) is 0 Å². The summed E-state index contributed by atoms with van der Waals surface area (Å²) in [5.74, 6) is 0.894. The van der Waals surface area contributed by atoms with E-state index in [1.54, 1.807) is 35.3 Å². The number of carbonyl (C=O) groups is 1. The van der Waals surface area contributed by atoms with E-state index in [0.717, 1.165) is 11.3 Å². The number of hydrogen-bond donors (Lipinski definition) is 1. The Balaban J connectivity index is 1.30. The molecule has 0 radical (unpaired) electrons. The Kier molecular flexibility index (Phi) is 4.90. The summed E-state index contributed by atoms with van der Waals surface area (Å²) in [6, 6.07) is 22.4. The van der Waals surface area contributed by atoms with Gasteiger partial charge in [-0.05, 0) is 36.4 Å². The lowest BCUT2D eigenvalue weighted by Crippen LogP contribution is -2.12. The highest BCUT2D eigenvalue weighted by Gasteiger charge is 2.14. The van der Waals surface area contributed by atoms with Crippen LogP contribution in [0.3, 0.4) is 0 Å². The van der Waals surface area contributed by atoms with Crippen molar-refractivity contribution in [1.29, 1.82) is 0 Å². The smallest absolute Gasteiger partial charge is 0.259 e. The van der Waals surface area contributed by atoms with E-state index in [4.69, 9.17) is 4.74 Å². The second-order valence-corrected chi connectivity index (χ2v) is 6.99. The number of nitrogens with one attached hydrogen (secondary N) is 1. The minimum absolute atomic E-state index is 0.265. The number of aromatic nitrogens is 4. The zero-order chi connectivity index (χ0) is 21.0. The molecular formula is C24H19N5O2. The van der Waals surface area contributed by atoms with Gasteiger partial charge in [-0.1, -0.05) is 36.4 Å². The summed E-state index contributed by atoms with van der Waals surface area (Å²) in [5.41, 5.74) is 2.81. The monoisotopic (exact) mass is 409 g/mol. The predicted octanol–water partition coefficient (Wildman–Crippen LogP) is 4.62.